The van der Waals surface area contributed by atoms with Crippen LogP contribution in [0.2, 0.25) is 5.15 Å². The highest BCUT2D eigenvalue weighted by Gasteiger charge is 2.19. The zero-order valence-corrected chi connectivity index (χ0v) is 13.8. The van der Waals surface area contributed by atoms with Crippen LogP contribution in [0.3, 0.4) is 0 Å². The van der Waals surface area contributed by atoms with E-state index in [0.717, 1.165) is 16.4 Å². The number of carboxylic acid groups (broad SMARTS) is 1. The minimum Gasteiger partial charge on any atom is -0.507 e. The molecule has 0 bridgehead atoms. The Morgan fingerprint density at radius 1 is 1.32 bits per heavy atom. The number of anilines is 2. The second-order valence-corrected chi connectivity index (χ2v) is 6.04. The van der Waals surface area contributed by atoms with Crippen LogP contribution in [-0.4, -0.2) is 29.9 Å². The van der Waals surface area contributed by atoms with Crippen molar-refractivity contribution in [3.8, 4) is 5.75 Å². The third-order valence-corrected chi connectivity index (χ3v) is 4.49. The number of hydrogen-bond acceptors (Lipinski definition) is 4. The molecule has 2 rings (SSSR count). The number of hydrogen-bond donors (Lipinski definition) is 3. The van der Waals surface area contributed by atoms with E-state index in [4.69, 9.17) is 16.7 Å². The van der Waals surface area contributed by atoms with Crippen LogP contribution in [0.1, 0.15) is 10.4 Å². The number of phenols is 1. The van der Waals surface area contributed by atoms with Crippen LogP contribution in [0, 0.1) is 0 Å². The SMILES string of the molecule is O=C(O)c1ccc(N(c2cnc(Cl)c(Br)c2)S(=O)O)cc1O. The first-order valence-electron chi connectivity index (χ1n) is 5.59. The normalized spacial score (nSPS) is 12.0. The molecule has 1 aromatic carbocycles. The van der Waals surface area contributed by atoms with Crippen LogP contribution in [0.15, 0.2) is 34.9 Å². The number of carbonyl (C=O) groups is 1. The fourth-order valence-electron chi connectivity index (χ4n) is 1.68. The van der Waals surface area contributed by atoms with Crippen LogP contribution in [0.4, 0.5) is 11.4 Å². The van der Waals surface area contributed by atoms with Crippen molar-refractivity contribution in [2.24, 2.45) is 0 Å². The van der Waals surface area contributed by atoms with Crippen LogP contribution >= 0.6 is 27.5 Å². The minimum absolute atomic E-state index is 0.111. The van der Waals surface area contributed by atoms with E-state index in [0.29, 0.717) is 4.47 Å². The average molecular weight is 408 g/mol. The molecule has 0 amide bonds. The summed E-state index contributed by atoms with van der Waals surface area (Å²) in [5.41, 5.74) is 0.0155. The highest BCUT2D eigenvalue weighted by atomic mass is 79.9. The Morgan fingerprint density at radius 3 is 2.50 bits per heavy atom. The highest BCUT2D eigenvalue weighted by molar-refractivity contribution is 9.10. The number of nitrogens with zero attached hydrogens (tertiary/aromatic N) is 2. The lowest BCUT2D eigenvalue weighted by Crippen LogP contribution is -2.19. The van der Waals surface area contributed by atoms with Gasteiger partial charge in [0.1, 0.15) is 16.5 Å². The summed E-state index contributed by atoms with van der Waals surface area (Å²) in [7, 11) is 0. The lowest BCUT2D eigenvalue weighted by atomic mass is 10.2. The van der Waals surface area contributed by atoms with Gasteiger partial charge in [0, 0.05) is 6.07 Å². The van der Waals surface area contributed by atoms with Crippen molar-refractivity contribution in [1.29, 1.82) is 0 Å². The van der Waals surface area contributed by atoms with Crippen molar-refractivity contribution in [3.63, 3.8) is 0 Å². The summed E-state index contributed by atoms with van der Waals surface area (Å²) in [5.74, 6) is -1.84. The molecule has 10 heteroatoms. The number of carboxylic acids is 1. The van der Waals surface area contributed by atoms with Crippen molar-refractivity contribution >= 4 is 56.1 Å². The molecule has 0 aliphatic rings. The van der Waals surface area contributed by atoms with Gasteiger partial charge in [0.15, 0.2) is 0 Å². The van der Waals surface area contributed by atoms with Gasteiger partial charge in [-0.15, -0.1) is 0 Å². The zero-order valence-electron chi connectivity index (χ0n) is 10.6. The molecule has 1 aromatic heterocycles. The number of benzene rings is 1. The molecule has 1 heterocycles. The molecule has 0 fully saturated rings. The van der Waals surface area contributed by atoms with E-state index in [9.17, 15) is 18.7 Å². The number of rotatable bonds is 4. The first-order chi connectivity index (χ1) is 10.3. The molecule has 0 saturated carbocycles. The van der Waals surface area contributed by atoms with Gasteiger partial charge in [-0.25, -0.2) is 18.3 Å². The largest absolute Gasteiger partial charge is 0.507 e. The Morgan fingerprint density at radius 2 is 2.00 bits per heavy atom. The molecule has 22 heavy (non-hydrogen) atoms. The van der Waals surface area contributed by atoms with Gasteiger partial charge in [-0.2, -0.15) is 0 Å². The first kappa shape index (κ1) is 16.7. The van der Waals surface area contributed by atoms with E-state index in [1.807, 2.05) is 0 Å². The van der Waals surface area contributed by atoms with Crippen LogP contribution in [0.5, 0.6) is 5.75 Å². The van der Waals surface area contributed by atoms with Gasteiger partial charge in [-0.05, 0) is 34.1 Å². The molecule has 0 aliphatic heterocycles. The van der Waals surface area contributed by atoms with E-state index in [-0.39, 0.29) is 22.1 Å². The molecule has 2 aromatic rings. The Balaban J connectivity index is 2.53. The maximum absolute atomic E-state index is 11.6. The molecule has 0 saturated heterocycles. The van der Waals surface area contributed by atoms with Gasteiger partial charge in [0.05, 0.1) is 22.0 Å². The molecule has 3 N–H and O–H groups in total. The number of aromatic nitrogens is 1. The molecular formula is C12H8BrClN2O5S. The van der Waals surface area contributed by atoms with E-state index in [1.165, 1.54) is 18.3 Å². The summed E-state index contributed by atoms with van der Waals surface area (Å²) in [6.07, 6.45) is 1.27. The lowest BCUT2D eigenvalue weighted by Gasteiger charge is -2.20. The monoisotopic (exact) mass is 406 g/mol. The van der Waals surface area contributed by atoms with Crippen LogP contribution in [0.25, 0.3) is 0 Å². The second-order valence-electron chi connectivity index (χ2n) is 4.00. The first-order valence-corrected chi connectivity index (χ1v) is 7.83. The molecule has 1 atom stereocenters. The molecule has 0 radical (unpaired) electrons. The maximum Gasteiger partial charge on any atom is 0.339 e. The predicted molar refractivity (Wildman–Crippen MR) is 84.9 cm³/mol. The zero-order chi connectivity index (χ0) is 16.4. The van der Waals surface area contributed by atoms with Crippen LogP contribution in [-0.2, 0) is 11.3 Å². The fraction of sp³-hybridized carbons (Fsp3) is 0. The van der Waals surface area contributed by atoms with Crippen molar-refractivity contribution in [3.05, 3.63) is 45.7 Å². The molecule has 0 aliphatic carbocycles. The fourth-order valence-corrected chi connectivity index (χ4v) is 2.69. The topological polar surface area (TPSA) is 111 Å². The molecule has 0 spiro atoms. The average Bonchev–Trinajstić information content (AvgIpc) is 2.42. The molecular weight excluding hydrogens is 400 g/mol. The second kappa shape index (κ2) is 6.61. The standard InChI is InChI=1S/C12H8BrClN2O5S/c13-9-3-7(5-15-11(9)14)16(22(20)21)6-1-2-8(12(18)19)10(17)4-6/h1-5,17H,(H,18,19)(H,20,21). The number of aromatic hydroxyl groups is 1. The van der Waals surface area contributed by atoms with Crippen molar-refractivity contribution in [1.82, 2.24) is 4.98 Å². The molecule has 116 valence electrons. The van der Waals surface area contributed by atoms with Crippen molar-refractivity contribution in [2.75, 3.05) is 4.31 Å². The smallest absolute Gasteiger partial charge is 0.339 e. The quantitative estimate of drug-likeness (QED) is 0.530. The van der Waals surface area contributed by atoms with Gasteiger partial charge in [0.2, 0.25) is 0 Å². The van der Waals surface area contributed by atoms with Gasteiger partial charge in [0.25, 0.3) is 11.3 Å². The summed E-state index contributed by atoms with van der Waals surface area (Å²) in [6, 6.07) is 4.96. The summed E-state index contributed by atoms with van der Waals surface area (Å²) in [4.78, 5) is 14.7. The summed E-state index contributed by atoms with van der Waals surface area (Å²) in [6.45, 7) is 0. The van der Waals surface area contributed by atoms with Crippen molar-refractivity contribution < 1.29 is 23.8 Å². The minimum atomic E-state index is -2.47. The van der Waals surface area contributed by atoms with Crippen LogP contribution < -0.4 is 4.31 Å². The van der Waals surface area contributed by atoms with E-state index in [2.05, 4.69) is 20.9 Å². The number of aromatic carboxylic acids is 1. The Labute approximate surface area is 140 Å². The number of pyridine rings is 1. The van der Waals surface area contributed by atoms with Crippen molar-refractivity contribution in [2.45, 2.75) is 0 Å². The summed E-state index contributed by atoms with van der Waals surface area (Å²) < 4.78 is 22.4. The lowest BCUT2D eigenvalue weighted by molar-refractivity contribution is 0.0694. The number of halogens is 2. The summed E-state index contributed by atoms with van der Waals surface area (Å²) in [5, 5.41) is 18.8. The maximum atomic E-state index is 11.6. The third kappa shape index (κ3) is 3.38. The predicted octanol–water partition coefficient (Wildman–Crippen LogP) is 3.18. The van der Waals surface area contributed by atoms with E-state index >= 15 is 0 Å². The van der Waals surface area contributed by atoms with Gasteiger partial charge < -0.3 is 10.2 Å². The van der Waals surface area contributed by atoms with E-state index < -0.39 is 23.0 Å². The summed E-state index contributed by atoms with van der Waals surface area (Å²) >= 11 is 6.45. The van der Waals surface area contributed by atoms with Gasteiger partial charge in [-0.3, -0.25) is 4.55 Å². The van der Waals surface area contributed by atoms with Gasteiger partial charge >= 0.3 is 5.97 Å². The Bertz CT molecular complexity index is 773. The third-order valence-electron chi connectivity index (χ3n) is 2.62. The Kier molecular flexibility index (Phi) is 5.01. The van der Waals surface area contributed by atoms with Gasteiger partial charge in [-0.1, -0.05) is 11.6 Å². The molecule has 1 unspecified atom stereocenters. The molecule has 7 nitrogen and oxygen atoms in total. The highest BCUT2D eigenvalue weighted by Crippen LogP contribution is 2.33. The van der Waals surface area contributed by atoms with E-state index in [1.54, 1.807) is 0 Å². The Hall–Kier alpha value is -1.68.